The van der Waals surface area contributed by atoms with Crippen LogP contribution >= 0.6 is 0 Å². The van der Waals surface area contributed by atoms with E-state index in [-0.39, 0.29) is 0 Å². The van der Waals surface area contributed by atoms with E-state index >= 15 is 0 Å². The molecule has 0 aliphatic heterocycles. The predicted octanol–water partition coefficient (Wildman–Crippen LogP) is 5.62. The number of hydroxylamine groups is 2. The van der Waals surface area contributed by atoms with Crippen molar-refractivity contribution in [3.05, 3.63) is 66.2 Å². The van der Waals surface area contributed by atoms with Crippen LogP contribution in [0.25, 0.3) is 0 Å². The van der Waals surface area contributed by atoms with Gasteiger partial charge in [0.05, 0.1) is 6.04 Å². The summed E-state index contributed by atoms with van der Waals surface area (Å²) in [6.07, 6.45) is 4.60. The van der Waals surface area contributed by atoms with Gasteiger partial charge in [-0.05, 0) is 30.5 Å². The Labute approximate surface area is 134 Å². The van der Waals surface area contributed by atoms with E-state index in [1.54, 1.807) is 0 Å². The molecule has 0 spiro atoms. The molecule has 0 amide bonds. The maximum absolute atomic E-state index is 6.20. The second-order valence-electron chi connectivity index (χ2n) is 5.61. The minimum Gasteiger partial charge on any atom is -0.405 e. The van der Waals surface area contributed by atoms with Crippen LogP contribution in [0.3, 0.4) is 0 Å². The molecule has 0 aromatic heterocycles. The van der Waals surface area contributed by atoms with Crippen molar-refractivity contribution in [3.8, 4) is 5.75 Å². The summed E-state index contributed by atoms with van der Waals surface area (Å²) in [5.74, 6) is 0.911. The van der Waals surface area contributed by atoms with Crippen LogP contribution < -0.4 is 4.84 Å². The van der Waals surface area contributed by atoms with Crippen LogP contribution in [0.1, 0.15) is 51.1 Å². The molecule has 22 heavy (non-hydrogen) atoms. The summed E-state index contributed by atoms with van der Waals surface area (Å²) in [7, 11) is 0. The third-order valence-corrected chi connectivity index (χ3v) is 3.77. The Morgan fingerprint density at radius 1 is 0.864 bits per heavy atom. The summed E-state index contributed by atoms with van der Waals surface area (Å²) in [6, 6.07) is 21.1. The molecule has 0 fully saturated rings. The molecule has 0 saturated heterocycles. The second kappa shape index (κ2) is 9.26. The van der Waals surface area contributed by atoms with Gasteiger partial charge in [0.1, 0.15) is 5.75 Å². The number of nitrogens with zero attached hydrogens (tertiary/aromatic N) is 1. The highest BCUT2D eigenvalue weighted by atomic mass is 16.7. The lowest BCUT2D eigenvalue weighted by atomic mass is 10.0. The lowest BCUT2D eigenvalue weighted by Gasteiger charge is -2.31. The molecule has 2 heteroatoms. The van der Waals surface area contributed by atoms with Crippen molar-refractivity contribution < 1.29 is 4.84 Å². The van der Waals surface area contributed by atoms with Gasteiger partial charge in [-0.2, -0.15) is 0 Å². The highest BCUT2D eigenvalue weighted by Gasteiger charge is 2.21. The molecule has 0 aliphatic carbocycles. The maximum atomic E-state index is 6.20. The quantitative estimate of drug-likeness (QED) is 0.557. The number of hydrogen-bond acceptors (Lipinski definition) is 2. The third-order valence-electron chi connectivity index (χ3n) is 3.77. The number of benzene rings is 2. The first-order valence-corrected chi connectivity index (χ1v) is 8.39. The number of unbranched alkanes of at least 4 members (excludes halogenated alkanes) is 1. The Bertz CT molecular complexity index is 512. The highest BCUT2D eigenvalue weighted by Crippen LogP contribution is 2.28. The van der Waals surface area contributed by atoms with E-state index in [9.17, 15) is 0 Å². The summed E-state index contributed by atoms with van der Waals surface area (Å²) in [4.78, 5) is 6.20. The molecule has 1 unspecified atom stereocenters. The van der Waals surface area contributed by atoms with Gasteiger partial charge in [-0.1, -0.05) is 75.2 Å². The molecule has 0 N–H and O–H groups in total. The molecule has 118 valence electrons. The Morgan fingerprint density at radius 3 is 2.09 bits per heavy atom. The largest absolute Gasteiger partial charge is 0.405 e. The van der Waals surface area contributed by atoms with Crippen molar-refractivity contribution in [3.63, 3.8) is 0 Å². The molecule has 0 saturated carbocycles. The smallest absolute Gasteiger partial charge is 0.147 e. The monoisotopic (exact) mass is 297 g/mol. The Hall–Kier alpha value is -1.80. The lowest BCUT2D eigenvalue weighted by Crippen LogP contribution is -2.33. The van der Waals surface area contributed by atoms with Gasteiger partial charge in [-0.15, -0.1) is 5.06 Å². The average Bonchev–Trinajstić information content (AvgIpc) is 2.57. The Balaban J connectivity index is 2.19. The average molecular weight is 297 g/mol. The number of para-hydroxylation sites is 1. The standard InChI is InChI=1S/C20H27NO/c1-3-5-16-20(18-12-8-6-9-13-18)21(17-4-2)22-19-14-10-7-11-15-19/h6-15,20H,3-5,16-17H2,1-2H3. The lowest BCUT2D eigenvalue weighted by molar-refractivity contribution is -0.100. The van der Waals surface area contributed by atoms with Gasteiger partial charge in [0.15, 0.2) is 0 Å². The fraction of sp³-hybridized carbons (Fsp3) is 0.400. The van der Waals surface area contributed by atoms with E-state index in [4.69, 9.17) is 4.84 Å². The molecule has 2 nitrogen and oxygen atoms in total. The van der Waals surface area contributed by atoms with E-state index in [1.165, 1.54) is 18.4 Å². The minimum atomic E-state index is 0.307. The second-order valence-corrected chi connectivity index (χ2v) is 5.61. The Kier molecular flexibility index (Phi) is 6.98. The summed E-state index contributed by atoms with van der Waals surface area (Å²) in [5.41, 5.74) is 1.33. The molecule has 0 bridgehead atoms. The zero-order chi connectivity index (χ0) is 15.6. The number of hydrogen-bond donors (Lipinski definition) is 0. The molecular formula is C20H27NO. The van der Waals surface area contributed by atoms with E-state index in [0.29, 0.717) is 6.04 Å². The van der Waals surface area contributed by atoms with Crippen LogP contribution in [0.15, 0.2) is 60.7 Å². The predicted molar refractivity (Wildman–Crippen MR) is 92.8 cm³/mol. The van der Waals surface area contributed by atoms with E-state index in [2.05, 4.69) is 49.2 Å². The molecule has 0 heterocycles. The van der Waals surface area contributed by atoms with E-state index in [0.717, 1.165) is 25.1 Å². The topological polar surface area (TPSA) is 12.5 Å². The summed E-state index contributed by atoms with van der Waals surface area (Å²) in [6.45, 7) is 5.37. The fourth-order valence-electron chi connectivity index (χ4n) is 2.65. The van der Waals surface area contributed by atoms with Crippen LogP contribution in [-0.4, -0.2) is 11.6 Å². The normalized spacial score (nSPS) is 12.3. The number of rotatable bonds is 9. The van der Waals surface area contributed by atoms with Gasteiger partial charge in [0, 0.05) is 6.54 Å². The van der Waals surface area contributed by atoms with Crippen molar-refractivity contribution >= 4 is 0 Å². The first kappa shape index (κ1) is 16.6. The van der Waals surface area contributed by atoms with Gasteiger partial charge in [0.25, 0.3) is 0 Å². The first-order valence-electron chi connectivity index (χ1n) is 8.39. The van der Waals surface area contributed by atoms with Crippen LogP contribution in [0.5, 0.6) is 5.75 Å². The molecular weight excluding hydrogens is 270 g/mol. The van der Waals surface area contributed by atoms with Crippen molar-refractivity contribution in [2.45, 2.75) is 45.6 Å². The summed E-state index contributed by atoms with van der Waals surface area (Å²) in [5, 5.41) is 2.15. The summed E-state index contributed by atoms with van der Waals surface area (Å²) >= 11 is 0. The molecule has 2 aromatic rings. The van der Waals surface area contributed by atoms with E-state index in [1.807, 2.05) is 30.3 Å². The summed E-state index contributed by atoms with van der Waals surface area (Å²) < 4.78 is 0. The Morgan fingerprint density at radius 2 is 1.50 bits per heavy atom. The van der Waals surface area contributed by atoms with Crippen molar-refractivity contribution in [2.24, 2.45) is 0 Å². The van der Waals surface area contributed by atoms with Crippen molar-refractivity contribution in [1.82, 2.24) is 5.06 Å². The van der Waals surface area contributed by atoms with Gasteiger partial charge in [-0.3, -0.25) is 0 Å². The van der Waals surface area contributed by atoms with Crippen LogP contribution in [-0.2, 0) is 0 Å². The van der Waals surface area contributed by atoms with Gasteiger partial charge >= 0.3 is 0 Å². The zero-order valence-corrected chi connectivity index (χ0v) is 13.7. The van der Waals surface area contributed by atoms with Crippen LogP contribution in [0, 0.1) is 0 Å². The molecule has 2 rings (SSSR count). The molecule has 2 aromatic carbocycles. The molecule has 1 atom stereocenters. The maximum Gasteiger partial charge on any atom is 0.147 e. The first-order chi connectivity index (χ1) is 10.8. The van der Waals surface area contributed by atoms with Crippen molar-refractivity contribution in [2.75, 3.05) is 6.54 Å². The van der Waals surface area contributed by atoms with Gasteiger partial charge < -0.3 is 4.84 Å². The zero-order valence-electron chi connectivity index (χ0n) is 13.7. The highest BCUT2D eigenvalue weighted by molar-refractivity contribution is 5.22. The van der Waals surface area contributed by atoms with Crippen molar-refractivity contribution in [1.29, 1.82) is 0 Å². The molecule has 0 aliphatic rings. The SMILES string of the molecule is CCCCC(c1ccccc1)N(CCC)Oc1ccccc1. The van der Waals surface area contributed by atoms with E-state index < -0.39 is 0 Å². The van der Waals surface area contributed by atoms with Crippen LogP contribution in [0.2, 0.25) is 0 Å². The molecule has 0 radical (unpaired) electrons. The van der Waals surface area contributed by atoms with Gasteiger partial charge in [0.2, 0.25) is 0 Å². The van der Waals surface area contributed by atoms with Gasteiger partial charge in [-0.25, -0.2) is 0 Å². The van der Waals surface area contributed by atoms with Crippen LogP contribution in [0.4, 0.5) is 0 Å². The fourth-order valence-corrected chi connectivity index (χ4v) is 2.65. The third kappa shape index (κ3) is 4.88. The minimum absolute atomic E-state index is 0.307.